The van der Waals surface area contributed by atoms with E-state index in [4.69, 9.17) is 17.2 Å². The van der Waals surface area contributed by atoms with Crippen LogP contribution in [0.5, 0.6) is 0 Å². The Hall–Kier alpha value is -3.79. The number of hydrogen-bond acceptors (Lipinski definition) is 4. The summed E-state index contributed by atoms with van der Waals surface area (Å²) in [6, 6.07) is 25.5. The van der Waals surface area contributed by atoms with Gasteiger partial charge in [0.05, 0.1) is 5.69 Å². The first kappa shape index (κ1) is 16.7. The maximum Gasteiger partial charge on any atom is 0.0786 e. The highest BCUT2D eigenvalue weighted by molar-refractivity contribution is 5.93. The minimum atomic E-state index is 0.725. The van der Waals surface area contributed by atoms with E-state index in [9.17, 15) is 0 Å². The molecule has 4 aromatic rings. The van der Waals surface area contributed by atoms with Crippen LogP contribution in [-0.2, 0) is 0 Å². The lowest BCUT2D eigenvalue weighted by Gasteiger charge is -2.15. The molecular weight excluding hydrogens is 332 g/mol. The normalized spacial score (nSPS) is 10.7. The van der Waals surface area contributed by atoms with E-state index in [1.165, 1.54) is 0 Å². The molecule has 0 aliphatic rings. The Morgan fingerprint density at radius 3 is 1.44 bits per heavy atom. The third kappa shape index (κ3) is 3.33. The lowest BCUT2D eigenvalue weighted by atomic mass is 9.91. The molecule has 3 aromatic carbocycles. The van der Waals surface area contributed by atoms with Crippen molar-refractivity contribution in [3.63, 3.8) is 0 Å². The van der Waals surface area contributed by atoms with Crippen molar-refractivity contribution in [2.75, 3.05) is 17.2 Å². The van der Waals surface area contributed by atoms with E-state index in [0.29, 0.717) is 0 Å². The number of anilines is 3. The Kier molecular flexibility index (Phi) is 4.22. The molecule has 27 heavy (non-hydrogen) atoms. The van der Waals surface area contributed by atoms with Gasteiger partial charge in [-0.2, -0.15) is 0 Å². The van der Waals surface area contributed by atoms with Gasteiger partial charge in [-0.1, -0.05) is 36.4 Å². The standard InChI is InChI=1S/C23H20N4/c24-18-7-1-15(2-8-18)21-13-14-27-23(17-5-11-20(26)12-6-17)22(21)16-3-9-19(25)10-4-16/h1-14H,24-26H2. The van der Waals surface area contributed by atoms with E-state index in [1.807, 2.05) is 85.1 Å². The van der Waals surface area contributed by atoms with Crippen LogP contribution in [0.1, 0.15) is 0 Å². The second-order valence-corrected chi connectivity index (χ2v) is 6.45. The number of nitrogens with two attached hydrogens (primary N) is 3. The van der Waals surface area contributed by atoms with Crippen molar-refractivity contribution < 1.29 is 0 Å². The number of benzene rings is 3. The first-order valence-electron chi connectivity index (χ1n) is 8.68. The van der Waals surface area contributed by atoms with Crippen LogP contribution in [0.25, 0.3) is 33.5 Å². The van der Waals surface area contributed by atoms with Crippen LogP contribution in [0.15, 0.2) is 85.1 Å². The molecule has 0 atom stereocenters. The molecule has 0 fully saturated rings. The fourth-order valence-corrected chi connectivity index (χ4v) is 3.17. The molecule has 0 aliphatic carbocycles. The number of aromatic nitrogens is 1. The number of pyridine rings is 1. The summed E-state index contributed by atoms with van der Waals surface area (Å²) >= 11 is 0. The van der Waals surface area contributed by atoms with Crippen LogP contribution in [0.2, 0.25) is 0 Å². The number of nitrogen functional groups attached to an aromatic ring is 3. The van der Waals surface area contributed by atoms with Crippen molar-refractivity contribution in [3.05, 3.63) is 85.1 Å². The second kappa shape index (κ2) is 6.84. The first-order valence-corrected chi connectivity index (χ1v) is 8.68. The zero-order valence-corrected chi connectivity index (χ0v) is 14.8. The van der Waals surface area contributed by atoms with Gasteiger partial charge < -0.3 is 17.2 Å². The molecule has 0 unspecified atom stereocenters. The highest BCUT2D eigenvalue weighted by Gasteiger charge is 2.15. The molecular formula is C23H20N4. The second-order valence-electron chi connectivity index (χ2n) is 6.45. The molecule has 0 spiro atoms. The Balaban J connectivity index is 1.99. The molecule has 0 bridgehead atoms. The molecule has 0 saturated heterocycles. The average molecular weight is 352 g/mol. The Morgan fingerprint density at radius 2 is 0.926 bits per heavy atom. The molecule has 4 heteroatoms. The minimum Gasteiger partial charge on any atom is -0.399 e. The monoisotopic (exact) mass is 352 g/mol. The SMILES string of the molecule is Nc1ccc(-c2ccnc(-c3ccc(N)cc3)c2-c2ccc(N)cc2)cc1. The fourth-order valence-electron chi connectivity index (χ4n) is 3.17. The van der Waals surface area contributed by atoms with Gasteiger partial charge >= 0.3 is 0 Å². The van der Waals surface area contributed by atoms with Crippen molar-refractivity contribution in [3.8, 4) is 33.5 Å². The summed E-state index contributed by atoms with van der Waals surface area (Å²) in [5, 5.41) is 0. The maximum absolute atomic E-state index is 5.89. The van der Waals surface area contributed by atoms with E-state index < -0.39 is 0 Å². The zero-order chi connectivity index (χ0) is 18.8. The van der Waals surface area contributed by atoms with Crippen molar-refractivity contribution in [1.29, 1.82) is 0 Å². The van der Waals surface area contributed by atoms with Crippen LogP contribution in [0, 0.1) is 0 Å². The van der Waals surface area contributed by atoms with Crippen LogP contribution in [0.4, 0.5) is 17.1 Å². The van der Waals surface area contributed by atoms with E-state index >= 15 is 0 Å². The van der Waals surface area contributed by atoms with E-state index in [2.05, 4.69) is 4.98 Å². The van der Waals surface area contributed by atoms with Gasteiger partial charge in [0.15, 0.2) is 0 Å². The molecule has 0 saturated carbocycles. The third-order valence-electron chi connectivity index (χ3n) is 4.56. The van der Waals surface area contributed by atoms with Gasteiger partial charge in [-0.3, -0.25) is 4.98 Å². The van der Waals surface area contributed by atoms with E-state index in [-0.39, 0.29) is 0 Å². The van der Waals surface area contributed by atoms with Crippen molar-refractivity contribution in [1.82, 2.24) is 4.98 Å². The number of hydrogen-bond donors (Lipinski definition) is 3. The molecule has 4 nitrogen and oxygen atoms in total. The Morgan fingerprint density at radius 1 is 0.481 bits per heavy atom. The van der Waals surface area contributed by atoms with Crippen LogP contribution < -0.4 is 17.2 Å². The largest absolute Gasteiger partial charge is 0.399 e. The zero-order valence-electron chi connectivity index (χ0n) is 14.8. The highest BCUT2D eigenvalue weighted by Crippen LogP contribution is 2.39. The summed E-state index contributed by atoms with van der Waals surface area (Å²) < 4.78 is 0. The minimum absolute atomic E-state index is 0.725. The fraction of sp³-hybridized carbons (Fsp3) is 0. The maximum atomic E-state index is 5.89. The summed E-state index contributed by atoms with van der Waals surface area (Å²) in [7, 11) is 0. The predicted octanol–water partition coefficient (Wildman–Crippen LogP) is 4.83. The van der Waals surface area contributed by atoms with Crippen molar-refractivity contribution in [2.24, 2.45) is 0 Å². The summed E-state index contributed by atoms with van der Waals surface area (Å²) in [5.74, 6) is 0. The van der Waals surface area contributed by atoms with Gasteiger partial charge in [0.2, 0.25) is 0 Å². The molecule has 4 rings (SSSR count). The smallest absolute Gasteiger partial charge is 0.0786 e. The summed E-state index contributed by atoms with van der Waals surface area (Å²) in [5.41, 5.74) is 26.0. The molecule has 132 valence electrons. The van der Waals surface area contributed by atoms with Crippen molar-refractivity contribution >= 4 is 17.1 Å². The Bertz CT molecular complexity index is 1000. The van der Waals surface area contributed by atoms with Gasteiger partial charge in [-0.15, -0.1) is 0 Å². The van der Waals surface area contributed by atoms with Crippen LogP contribution >= 0.6 is 0 Å². The molecule has 0 radical (unpaired) electrons. The lowest BCUT2D eigenvalue weighted by molar-refractivity contribution is 1.32. The van der Waals surface area contributed by atoms with Gasteiger partial charge in [0.25, 0.3) is 0 Å². The van der Waals surface area contributed by atoms with Gasteiger partial charge in [0, 0.05) is 34.4 Å². The average Bonchev–Trinajstić information content (AvgIpc) is 2.69. The number of nitrogens with zero attached hydrogens (tertiary/aromatic N) is 1. The molecule has 1 aromatic heterocycles. The summed E-state index contributed by atoms with van der Waals surface area (Å²) in [6.45, 7) is 0. The molecule has 0 amide bonds. The van der Waals surface area contributed by atoms with Crippen molar-refractivity contribution in [2.45, 2.75) is 0 Å². The summed E-state index contributed by atoms with van der Waals surface area (Å²) in [6.07, 6.45) is 1.83. The van der Waals surface area contributed by atoms with E-state index in [0.717, 1.165) is 50.6 Å². The summed E-state index contributed by atoms with van der Waals surface area (Å²) in [4.78, 5) is 4.68. The van der Waals surface area contributed by atoms with Crippen LogP contribution in [-0.4, -0.2) is 4.98 Å². The molecule has 0 aliphatic heterocycles. The molecule has 1 heterocycles. The van der Waals surface area contributed by atoms with Gasteiger partial charge in [-0.25, -0.2) is 0 Å². The topological polar surface area (TPSA) is 90.9 Å². The van der Waals surface area contributed by atoms with E-state index in [1.54, 1.807) is 0 Å². The third-order valence-corrected chi connectivity index (χ3v) is 4.56. The molecule has 6 N–H and O–H groups in total. The quantitative estimate of drug-likeness (QED) is 0.461. The van der Waals surface area contributed by atoms with Gasteiger partial charge in [-0.05, 0) is 59.2 Å². The lowest BCUT2D eigenvalue weighted by Crippen LogP contribution is -1.95. The first-order chi connectivity index (χ1) is 13.1. The van der Waals surface area contributed by atoms with Crippen LogP contribution in [0.3, 0.4) is 0 Å². The number of rotatable bonds is 3. The Labute approximate surface area is 158 Å². The predicted molar refractivity (Wildman–Crippen MR) is 114 cm³/mol. The highest BCUT2D eigenvalue weighted by atomic mass is 14.7. The van der Waals surface area contributed by atoms with Gasteiger partial charge in [0.1, 0.15) is 0 Å².